The van der Waals surface area contributed by atoms with Crippen molar-refractivity contribution < 1.29 is 19.2 Å². The number of piperidine rings is 1. The van der Waals surface area contributed by atoms with Crippen molar-refractivity contribution in [3.05, 3.63) is 84.1 Å². The van der Waals surface area contributed by atoms with E-state index in [2.05, 4.69) is 13.2 Å². The number of likely N-dealkylation sites (tertiary alicyclic amines) is 1. The number of imide groups is 1. The minimum Gasteiger partial charge on any atom is -0.311 e. The molecule has 0 spiro atoms. The van der Waals surface area contributed by atoms with Crippen LogP contribution in [0.2, 0.25) is 0 Å². The van der Waals surface area contributed by atoms with Crippen molar-refractivity contribution in [3.63, 3.8) is 0 Å². The van der Waals surface area contributed by atoms with Gasteiger partial charge in [-0.25, -0.2) is 4.79 Å². The first kappa shape index (κ1) is 33.8. The van der Waals surface area contributed by atoms with E-state index in [9.17, 15) is 14.4 Å². The Hall–Kier alpha value is -3.41. The van der Waals surface area contributed by atoms with Gasteiger partial charge in [-0.15, -0.1) is 5.06 Å². The second kappa shape index (κ2) is 20.0. The first-order valence-electron chi connectivity index (χ1n) is 11.8. The Morgan fingerprint density at radius 2 is 1.69 bits per heavy atom. The van der Waals surface area contributed by atoms with Crippen LogP contribution in [0.4, 0.5) is 4.79 Å². The SMILES string of the molecule is C.C=C/C=C\C(=C/C)C(=C1CCN(C(=O)ON(C=O)C(=O)CCC)CC1)C(/C=C\C)=C/C=C.CC. The van der Waals surface area contributed by atoms with E-state index in [1.807, 2.05) is 71.1 Å². The van der Waals surface area contributed by atoms with Gasteiger partial charge in [0.1, 0.15) is 0 Å². The molecule has 3 amide bonds. The van der Waals surface area contributed by atoms with Crippen LogP contribution in [0, 0.1) is 0 Å². The van der Waals surface area contributed by atoms with Crippen LogP contribution >= 0.6 is 0 Å². The lowest BCUT2D eigenvalue weighted by Crippen LogP contribution is -2.42. The maximum Gasteiger partial charge on any atom is 0.434 e. The summed E-state index contributed by atoms with van der Waals surface area (Å²) in [5.41, 5.74) is 4.40. The molecule has 1 rings (SSSR count). The van der Waals surface area contributed by atoms with Crippen LogP contribution in [-0.4, -0.2) is 41.5 Å². The second-order valence-electron chi connectivity index (χ2n) is 7.09. The Kier molecular flexibility index (Phi) is 19.3. The summed E-state index contributed by atoms with van der Waals surface area (Å²) in [6.45, 7) is 18.2. The molecule has 1 saturated heterocycles. The molecule has 0 atom stereocenters. The van der Waals surface area contributed by atoms with Gasteiger partial charge in [0.2, 0.25) is 0 Å². The number of carbonyl (C=O) groups is 3. The topological polar surface area (TPSA) is 66.9 Å². The van der Waals surface area contributed by atoms with Crippen LogP contribution in [0.15, 0.2) is 84.1 Å². The highest BCUT2D eigenvalue weighted by molar-refractivity contribution is 5.86. The average molecular weight is 485 g/mol. The molecule has 0 radical (unpaired) electrons. The second-order valence-corrected chi connectivity index (χ2v) is 7.09. The van der Waals surface area contributed by atoms with Gasteiger partial charge in [-0.2, -0.15) is 0 Å². The summed E-state index contributed by atoms with van der Waals surface area (Å²) in [7, 11) is 0. The molecule has 1 heterocycles. The Labute approximate surface area is 212 Å². The highest BCUT2D eigenvalue weighted by Crippen LogP contribution is 2.32. The molecular weight excluding hydrogens is 440 g/mol. The third-order valence-corrected chi connectivity index (χ3v) is 4.90. The van der Waals surface area contributed by atoms with Gasteiger partial charge in [0.25, 0.3) is 12.3 Å². The zero-order valence-electron chi connectivity index (χ0n) is 21.4. The van der Waals surface area contributed by atoms with Crippen LogP contribution in [0.3, 0.4) is 0 Å². The standard InChI is InChI=1S/C26H34N2O4.C2H6.CH4/c1-6-11-15-21(10-5)25(22(12-7-2)13-8-3)23-16-18-27(19-17-23)26(31)32-28(20-29)24(30)14-9-4;1-2;/h6-8,10-13,15,20H,1-2,9,14,16-19H2,3-5H3;1-2H3;1H4/b13-8-,15-11-,21-10+,22-12+;;. The predicted molar refractivity (Wildman–Crippen MR) is 146 cm³/mol. The molecule has 35 heavy (non-hydrogen) atoms. The molecule has 194 valence electrons. The van der Waals surface area contributed by atoms with E-state index >= 15 is 0 Å². The molecule has 1 aliphatic heterocycles. The fourth-order valence-corrected chi connectivity index (χ4v) is 3.41. The van der Waals surface area contributed by atoms with E-state index in [0.29, 0.717) is 37.4 Å². The third kappa shape index (κ3) is 11.0. The number of amides is 3. The summed E-state index contributed by atoms with van der Waals surface area (Å²) in [6, 6.07) is 0. The van der Waals surface area contributed by atoms with Crippen molar-refractivity contribution in [2.75, 3.05) is 13.1 Å². The van der Waals surface area contributed by atoms with Gasteiger partial charge in [0.05, 0.1) is 0 Å². The predicted octanol–water partition coefficient (Wildman–Crippen LogP) is 7.25. The quantitative estimate of drug-likeness (QED) is 0.196. The monoisotopic (exact) mass is 484 g/mol. The maximum absolute atomic E-state index is 12.5. The molecule has 1 aliphatic rings. The number of rotatable bonds is 9. The molecule has 0 aromatic heterocycles. The van der Waals surface area contributed by atoms with Crippen LogP contribution in [0.25, 0.3) is 0 Å². The van der Waals surface area contributed by atoms with Gasteiger partial charge in [-0.3, -0.25) is 9.59 Å². The molecule has 0 aromatic carbocycles. The normalized spacial score (nSPS) is 14.0. The zero-order valence-corrected chi connectivity index (χ0v) is 21.4. The van der Waals surface area contributed by atoms with E-state index < -0.39 is 12.0 Å². The van der Waals surface area contributed by atoms with Crippen molar-refractivity contribution in [1.82, 2.24) is 9.96 Å². The Morgan fingerprint density at radius 1 is 1.06 bits per heavy atom. The molecule has 0 saturated carbocycles. The van der Waals surface area contributed by atoms with E-state index in [0.717, 1.165) is 16.7 Å². The van der Waals surface area contributed by atoms with Gasteiger partial charge in [-0.1, -0.05) is 95.5 Å². The number of allylic oxidation sites excluding steroid dienone is 11. The van der Waals surface area contributed by atoms with Crippen LogP contribution in [0.1, 0.15) is 67.7 Å². The fourth-order valence-electron chi connectivity index (χ4n) is 3.41. The Morgan fingerprint density at radius 3 is 2.14 bits per heavy atom. The first-order chi connectivity index (χ1) is 16.5. The highest BCUT2D eigenvalue weighted by Gasteiger charge is 2.26. The van der Waals surface area contributed by atoms with Crippen molar-refractivity contribution in [2.45, 2.75) is 67.7 Å². The maximum atomic E-state index is 12.5. The Balaban J connectivity index is 0. The summed E-state index contributed by atoms with van der Waals surface area (Å²) in [6.07, 6.45) is 16.9. The summed E-state index contributed by atoms with van der Waals surface area (Å²) in [4.78, 5) is 42.0. The number of hydrogen-bond acceptors (Lipinski definition) is 4. The Bertz CT molecular complexity index is 850. The molecule has 6 heteroatoms. The molecule has 0 bridgehead atoms. The van der Waals surface area contributed by atoms with Gasteiger partial charge in [0.15, 0.2) is 0 Å². The number of hydrogen-bond donors (Lipinski definition) is 0. The largest absolute Gasteiger partial charge is 0.434 e. The summed E-state index contributed by atoms with van der Waals surface area (Å²) in [5, 5.41) is 0.484. The summed E-state index contributed by atoms with van der Waals surface area (Å²) >= 11 is 0. The number of carbonyl (C=O) groups excluding carboxylic acids is 3. The fraction of sp³-hybridized carbons (Fsp3) is 0.414. The minimum absolute atomic E-state index is 0. The molecule has 0 aliphatic carbocycles. The number of hydroxylamine groups is 2. The van der Waals surface area contributed by atoms with E-state index in [1.54, 1.807) is 12.2 Å². The van der Waals surface area contributed by atoms with Crippen LogP contribution in [0.5, 0.6) is 0 Å². The average Bonchev–Trinajstić information content (AvgIpc) is 2.86. The molecule has 6 nitrogen and oxygen atoms in total. The van der Waals surface area contributed by atoms with Gasteiger partial charge >= 0.3 is 6.09 Å². The first-order valence-corrected chi connectivity index (χ1v) is 11.8. The van der Waals surface area contributed by atoms with E-state index in [-0.39, 0.29) is 20.3 Å². The lowest BCUT2D eigenvalue weighted by molar-refractivity contribution is -0.172. The molecular formula is C29H44N2O4. The molecule has 0 aromatic rings. The van der Waals surface area contributed by atoms with E-state index in [1.165, 1.54) is 10.5 Å². The minimum atomic E-state index is -0.699. The lowest BCUT2D eigenvalue weighted by atomic mass is 9.87. The third-order valence-electron chi connectivity index (χ3n) is 4.90. The van der Waals surface area contributed by atoms with Crippen molar-refractivity contribution in [2.24, 2.45) is 0 Å². The van der Waals surface area contributed by atoms with E-state index in [4.69, 9.17) is 4.84 Å². The summed E-state index contributed by atoms with van der Waals surface area (Å²) < 4.78 is 0. The zero-order chi connectivity index (χ0) is 25.9. The van der Waals surface area contributed by atoms with Gasteiger partial charge in [-0.05, 0) is 49.8 Å². The summed E-state index contributed by atoms with van der Waals surface area (Å²) in [5.74, 6) is -0.534. The number of nitrogens with zero attached hydrogens (tertiary/aromatic N) is 2. The van der Waals surface area contributed by atoms with Gasteiger partial charge < -0.3 is 9.74 Å². The molecule has 1 fully saturated rings. The molecule has 0 N–H and O–H groups in total. The van der Waals surface area contributed by atoms with Crippen molar-refractivity contribution >= 4 is 18.4 Å². The lowest BCUT2D eigenvalue weighted by Gasteiger charge is -2.30. The highest BCUT2D eigenvalue weighted by atomic mass is 16.7. The smallest absolute Gasteiger partial charge is 0.311 e. The van der Waals surface area contributed by atoms with Crippen LogP contribution in [-0.2, 0) is 14.4 Å². The van der Waals surface area contributed by atoms with Crippen molar-refractivity contribution in [3.8, 4) is 0 Å². The van der Waals surface area contributed by atoms with Crippen molar-refractivity contribution in [1.29, 1.82) is 0 Å². The van der Waals surface area contributed by atoms with Gasteiger partial charge in [0, 0.05) is 19.5 Å². The molecule has 0 unspecified atom stereocenters. The van der Waals surface area contributed by atoms with Crippen LogP contribution < -0.4 is 0 Å².